The van der Waals surface area contributed by atoms with E-state index in [0.29, 0.717) is 11.3 Å². The Hall–Kier alpha value is -0.840. The van der Waals surface area contributed by atoms with Gasteiger partial charge in [-0.25, -0.2) is 4.39 Å². The zero-order valence-corrected chi connectivity index (χ0v) is 11.8. The minimum atomic E-state index is -0.591. The molecular weight excluding hydrogens is 269 g/mol. The van der Waals surface area contributed by atoms with E-state index >= 15 is 0 Å². The van der Waals surface area contributed by atoms with Crippen molar-refractivity contribution in [1.82, 2.24) is 0 Å². The predicted octanol–water partition coefficient (Wildman–Crippen LogP) is 2.81. The van der Waals surface area contributed by atoms with Gasteiger partial charge in [0.05, 0.1) is 19.3 Å². The molecular formula is C14H21ClFNO2. The lowest BCUT2D eigenvalue weighted by molar-refractivity contribution is 0.0835. The molecule has 1 aromatic rings. The summed E-state index contributed by atoms with van der Waals surface area (Å²) in [7, 11) is 1.48. The van der Waals surface area contributed by atoms with Gasteiger partial charge < -0.3 is 15.6 Å². The molecule has 108 valence electrons. The third-order valence-electron chi connectivity index (χ3n) is 3.81. The maximum absolute atomic E-state index is 13.1. The molecule has 1 fully saturated rings. The van der Waals surface area contributed by atoms with Crippen LogP contribution in [0.4, 0.5) is 4.39 Å². The van der Waals surface area contributed by atoms with Gasteiger partial charge in [0, 0.05) is 11.6 Å². The smallest absolute Gasteiger partial charge is 0.126 e. The average molecular weight is 290 g/mol. The summed E-state index contributed by atoms with van der Waals surface area (Å²) in [6, 6.07) is 3.72. The molecule has 0 bridgehead atoms. The topological polar surface area (TPSA) is 55.5 Å². The van der Waals surface area contributed by atoms with Gasteiger partial charge in [0.15, 0.2) is 0 Å². The van der Waals surface area contributed by atoms with Crippen LogP contribution in [0.1, 0.15) is 37.3 Å². The molecule has 19 heavy (non-hydrogen) atoms. The zero-order valence-electron chi connectivity index (χ0n) is 11.0. The minimum Gasteiger partial charge on any atom is -0.496 e. The van der Waals surface area contributed by atoms with E-state index in [1.165, 1.54) is 19.2 Å². The summed E-state index contributed by atoms with van der Waals surface area (Å²) in [5.41, 5.74) is 6.76. The third kappa shape index (κ3) is 3.59. The Morgan fingerprint density at radius 3 is 2.58 bits per heavy atom. The van der Waals surface area contributed by atoms with Gasteiger partial charge in [0.1, 0.15) is 11.6 Å². The van der Waals surface area contributed by atoms with E-state index in [0.717, 1.165) is 25.7 Å². The van der Waals surface area contributed by atoms with Gasteiger partial charge in [0.25, 0.3) is 0 Å². The van der Waals surface area contributed by atoms with Crippen LogP contribution in [-0.2, 0) is 0 Å². The van der Waals surface area contributed by atoms with E-state index < -0.39 is 12.1 Å². The van der Waals surface area contributed by atoms with Gasteiger partial charge in [0.2, 0.25) is 0 Å². The van der Waals surface area contributed by atoms with E-state index in [1.54, 1.807) is 6.07 Å². The summed E-state index contributed by atoms with van der Waals surface area (Å²) < 4.78 is 18.2. The average Bonchev–Trinajstić information content (AvgIpc) is 2.90. The van der Waals surface area contributed by atoms with E-state index in [1.807, 2.05) is 0 Å². The van der Waals surface area contributed by atoms with Crippen LogP contribution in [0, 0.1) is 11.7 Å². The van der Waals surface area contributed by atoms with E-state index in [-0.39, 0.29) is 24.1 Å². The van der Waals surface area contributed by atoms with Crippen molar-refractivity contribution in [2.75, 3.05) is 7.11 Å². The molecule has 0 aliphatic heterocycles. The molecule has 1 aliphatic carbocycles. The highest BCUT2D eigenvalue weighted by Crippen LogP contribution is 2.35. The van der Waals surface area contributed by atoms with Crippen molar-refractivity contribution < 1.29 is 14.2 Å². The van der Waals surface area contributed by atoms with Gasteiger partial charge >= 0.3 is 0 Å². The summed E-state index contributed by atoms with van der Waals surface area (Å²) in [6.45, 7) is 0. The first-order valence-corrected chi connectivity index (χ1v) is 6.40. The summed E-state index contributed by atoms with van der Waals surface area (Å²) in [5, 5.41) is 10.3. The fraction of sp³-hybridized carbons (Fsp3) is 0.571. The summed E-state index contributed by atoms with van der Waals surface area (Å²) in [4.78, 5) is 0. The van der Waals surface area contributed by atoms with Gasteiger partial charge in [-0.05, 0) is 24.8 Å². The lowest BCUT2D eigenvalue weighted by Crippen LogP contribution is -2.32. The van der Waals surface area contributed by atoms with Crippen molar-refractivity contribution in [3.8, 4) is 5.75 Å². The molecule has 0 aromatic heterocycles. The van der Waals surface area contributed by atoms with E-state index in [9.17, 15) is 9.50 Å². The second kappa shape index (κ2) is 7.08. The molecule has 0 radical (unpaired) electrons. The van der Waals surface area contributed by atoms with Crippen molar-refractivity contribution in [2.45, 2.75) is 37.8 Å². The summed E-state index contributed by atoms with van der Waals surface area (Å²) >= 11 is 0. The Morgan fingerprint density at radius 2 is 2.00 bits per heavy atom. The molecule has 0 unspecified atom stereocenters. The largest absolute Gasteiger partial charge is 0.496 e. The summed E-state index contributed by atoms with van der Waals surface area (Å²) in [6.07, 6.45) is 3.73. The number of aliphatic hydroxyl groups excluding tert-OH is 1. The molecule has 2 rings (SSSR count). The second-order valence-electron chi connectivity index (χ2n) is 4.95. The molecule has 0 heterocycles. The highest BCUT2D eigenvalue weighted by Gasteiger charge is 2.30. The highest BCUT2D eigenvalue weighted by molar-refractivity contribution is 5.85. The molecule has 1 aromatic carbocycles. The van der Waals surface area contributed by atoms with Crippen LogP contribution in [0.25, 0.3) is 0 Å². The molecule has 1 aliphatic rings. The Kier molecular flexibility index (Phi) is 6.04. The maximum Gasteiger partial charge on any atom is 0.126 e. The Labute approximate surface area is 119 Å². The number of rotatable bonds is 4. The van der Waals surface area contributed by atoms with Gasteiger partial charge in [-0.2, -0.15) is 0 Å². The van der Waals surface area contributed by atoms with Gasteiger partial charge in [-0.3, -0.25) is 0 Å². The maximum atomic E-state index is 13.1. The standard InChI is InChI=1S/C14H20FNO2.ClH/c1-18-12-8-10(15)6-7-11(12)13(16)14(17)9-4-2-3-5-9;/h6-9,13-14,17H,2-5,16H2,1H3;1H/t13-,14+;/m0./s1. The fourth-order valence-electron chi connectivity index (χ4n) is 2.74. The van der Waals surface area contributed by atoms with Crippen molar-refractivity contribution >= 4 is 12.4 Å². The first kappa shape index (κ1) is 16.2. The lowest BCUT2D eigenvalue weighted by atomic mass is 9.90. The van der Waals surface area contributed by atoms with Crippen LogP contribution in [0.15, 0.2) is 18.2 Å². The molecule has 0 amide bonds. The minimum absolute atomic E-state index is 0. The van der Waals surface area contributed by atoms with Crippen LogP contribution in [-0.4, -0.2) is 18.3 Å². The SMILES string of the molecule is COc1cc(F)ccc1[C@H](N)[C@H](O)C1CCCC1.Cl. The number of methoxy groups -OCH3 is 1. The first-order valence-electron chi connectivity index (χ1n) is 6.40. The van der Waals surface area contributed by atoms with Crippen LogP contribution in [0.5, 0.6) is 5.75 Å². The van der Waals surface area contributed by atoms with Crippen molar-refractivity contribution in [1.29, 1.82) is 0 Å². The van der Waals surface area contributed by atoms with E-state index in [2.05, 4.69) is 0 Å². The normalized spacial score (nSPS) is 18.7. The Balaban J connectivity index is 0.00000180. The van der Waals surface area contributed by atoms with E-state index in [4.69, 9.17) is 10.5 Å². The monoisotopic (exact) mass is 289 g/mol. The van der Waals surface area contributed by atoms with Gasteiger partial charge in [-0.15, -0.1) is 12.4 Å². The number of aliphatic hydroxyl groups is 1. The molecule has 2 atom stereocenters. The van der Waals surface area contributed by atoms with Crippen LogP contribution in [0.2, 0.25) is 0 Å². The summed E-state index contributed by atoms with van der Waals surface area (Å²) in [5.74, 6) is 0.285. The van der Waals surface area contributed by atoms with Crippen LogP contribution < -0.4 is 10.5 Å². The lowest BCUT2D eigenvalue weighted by Gasteiger charge is -2.25. The number of halogens is 2. The van der Waals surface area contributed by atoms with Crippen molar-refractivity contribution in [3.63, 3.8) is 0 Å². The number of nitrogens with two attached hydrogens (primary N) is 1. The van der Waals surface area contributed by atoms with Crippen molar-refractivity contribution in [2.24, 2.45) is 11.7 Å². The number of hydrogen-bond acceptors (Lipinski definition) is 3. The highest BCUT2D eigenvalue weighted by atomic mass is 35.5. The van der Waals surface area contributed by atoms with Gasteiger partial charge in [-0.1, -0.05) is 18.9 Å². The Morgan fingerprint density at radius 1 is 1.37 bits per heavy atom. The third-order valence-corrected chi connectivity index (χ3v) is 3.81. The molecule has 1 saturated carbocycles. The number of hydrogen-bond donors (Lipinski definition) is 2. The second-order valence-corrected chi connectivity index (χ2v) is 4.95. The first-order chi connectivity index (χ1) is 8.63. The fourth-order valence-corrected chi connectivity index (χ4v) is 2.74. The van der Waals surface area contributed by atoms with Crippen LogP contribution >= 0.6 is 12.4 Å². The molecule has 0 spiro atoms. The molecule has 3 nitrogen and oxygen atoms in total. The molecule has 3 N–H and O–H groups in total. The number of ether oxygens (including phenoxy) is 1. The quantitative estimate of drug-likeness (QED) is 0.896. The molecule has 5 heteroatoms. The Bertz CT molecular complexity index is 410. The number of benzene rings is 1. The molecule has 0 saturated heterocycles. The predicted molar refractivity (Wildman–Crippen MR) is 75.1 cm³/mol. The van der Waals surface area contributed by atoms with Crippen molar-refractivity contribution in [3.05, 3.63) is 29.6 Å². The zero-order chi connectivity index (χ0) is 13.1. The van der Waals surface area contributed by atoms with Crippen LogP contribution in [0.3, 0.4) is 0 Å².